The Hall–Kier alpha value is -3.46. The summed E-state index contributed by atoms with van der Waals surface area (Å²) in [4.78, 5) is 53.1. The molecule has 1 aliphatic carbocycles. The summed E-state index contributed by atoms with van der Waals surface area (Å²) in [6.07, 6.45) is 8.34. The number of carbonyl (C=O) groups is 4. The van der Waals surface area contributed by atoms with Gasteiger partial charge in [-0.25, -0.2) is 0 Å². The molecular weight excluding hydrogens is 542 g/mol. The lowest BCUT2D eigenvalue weighted by molar-refractivity contribution is -0.135. The number of nitrogens with two attached hydrogens (primary N) is 1. The fourth-order valence-electron chi connectivity index (χ4n) is 5.63. The molecule has 0 radical (unpaired) electrons. The van der Waals surface area contributed by atoms with Crippen LogP contribution in [-0.2, 0) is 25.6 Å². The lowest BCUT2D eigenvalue weighted by Gasteiger charge is -2.30. The molecule has 9 heteroatoms. The molecule has 6 N–H and O–H groups in total. The maximum absolute atomic E-state index is 13.7. The van der Waals surface area contributed by atoms with Crippen molar-refractivity contribution >= 4 is 34.4 Å². The summed E-state index contributed by atoms with van der Waals surface area (Å²) < 4.78 is 0. The number of unbranched alkanes of at least 4 members (excludes halogenated alkanes) is 1. The van der Waals surface area contributed by atoms with E-state index in [-0.39, 0.29) is 36.6 Å². The molecule has 9 nitrogen and oxygen atoms in total. The molecule has 1 saturated carbocycles. The van der Waals surface area contributed by atoms with Gasteiger partial charge in [0.25, 0.3) is 0 Å². The van der Waals surface area contributed by atoms with Gasteiger partial charge >= 0.3 is 0 Å². The molecule has 4 atom stereocenters. The van der Waals surface area contributed by atoms with Crippen molar-refractivity contribution in [2.45, 2.75) is 116 Å². The summed E-state index contributed by atoms with van der Waals surface area (Å²) >= 11 is 0. The van der Waals surface area contributed by atoms with Gasteiger partial charge in [0.1, 0.15) is 18.1 Å². The number of amides is 4. The van der Waals surface area contributed by atoms with Crippen molar-refractivity contribution < 1.29 is 19.2 Å². The largest absolute Gasteiger partial charge is 0.352 e. The maximum Gasteiger partial charge on any atom is 0.243 e. The van der Waals surface area contributed by atoms with E-state index in [9.17, 15) is 19.2 Å². The second-order valence-corrected chi connectivity index (χ2v) is 11.9. The Balaban J connectivity index is 1.76. The van der Waals surface area contributed by atoms with Crippen LogP contribution in [0.15, 0.2) is 42.5 Å². The van der Waals surface area contributed by atoms with E-state index in [1.54, 1.807) is 6.92 Å². The lowest BCUT2D eigenvalue weighted by atomic mass is 9.94. The highest BCUT2D eigenvalue weighted by Crippen LogP contribution is 2.19. The zero-order valence-corrected chi connectivity index (χ0v) is 26.1. The highest BCUT2D eigenvalue weighted by Gasteiger charge is 2.33. The molecule has 4 amide bonds. The minimum absolute atomic E-state index is 0.123. The highest BCUT2D eigenvalue weighted by atomic mass is 16.2. The molecular formula is C34H51N5O4. The van der Waals surface area contributed by atoms with E-state index in [2.05, 4.69) is 21.3 Å². The Bertz CT molecular complexity index is 1210. The summed E-state index contributed by atoms with van der Waals surface area (Å²) in [5.74, 6) is -1.45. The second-order valence-electron chi connectivity index (χ2n) is 11.9. The minimum atomic E-state index is -0.866. The van der Waals surface area contributed by atoms with Gasteiger partial charge in [-0.1, -0.05) is 88.9 Å². The van der Waals surface area contributed by atoms with E-state index in [0.717, 1.165) is 48.4 Å². The van der Waals surface area contributed by atoms with Crippen molar-refractivity contribution in [1.82, 2.24) is 21.3 Å². The Labute approximate surface area is 256 Å². The number of hydrogen-bond donors (Lipinski definition) is 5. The molecule has 2 aromatic carbocycles. The van der Waals surface area contributed by atoms with E-state index in [1.165, 1.54) is 6.42 Å². The summed E-state index contributed by atoms with van der Waals surface area (Å²) in [5.41, 5.74) is 6.59. The van der Waals surface area contributed by atoms with Crippen LogP contribution < -0.4 is 27.0 Å². The van der Waals surface area contributed by atoms with Gasteiger partial charge in [0.15, 0.2) is 0 Å². The predicted molar refractivity (Wildman–Crippen MR) is 171 cm³/mol. The van der Waals surface area contributed by atoms with Crippen LogP contribution in [0, 0.1) is 5.92 Å². The number of fused-ring (bicyclic) bond motifs is 1. The standard InChI is InChI=1S/C34H51N5O4/c1-4-23(3)31(34(43)38-28(17-11-12-20-35)32(41)36-27-15-7-6-8-16-27)39-33(42)29(37-30(40)5-2)22-24-18-19-25-13-9-10-14-26(25)21-24/h9-10,13-14,18-19,21,23,27-29,31H,4-8,11-12,15-17,20,22,35H2,1-3H3,(H,36,41)(H,37,40)(H,38,43)(H,39,42)/t23-,28-,29-,31-/m0/s1. The Kier molecular flexibility index (Phi) is 13.9. The smallest absolute Gasteiger partial charge is 0.243 e. The van der Waals surface area contributed by atoms with Crippen molar-refractivity contribution in [3.05, 3.63) is 48.0 Å². The third-order valence-electron chi connectivity index (χ3n) is 8.55. The molecule has 0 saturated heterocycles. The van der Waals surface area contributed by atoms with Crippen molar-refractivity contribution in [3.63, 3.8) is 0 Å². The predicted octanol–water partition coefficient (Wildman–Crippen LogP) is 3.87. The summed E-state index contributed by atoms with van der Waals surface area (Å²) in [5, 5.41) is 14.0. The Morgan fingerprint density at radius 1 is 0.837 bits per heavy atom. The monoisotopic (exact) mass is 593 g/mol. The lowest BCUT2D eigenvalue weighted by Crippen LogP contribution is -2.59. The van der Waals surface area contributed by atoms with Gasteiger partial charge < -0.3 is 27.0 Å². The Morgan fingerprint density at radius 2 is 1.56 bits per heavy atom. The molecule has 0 unspecified atom stereocenters. The summed E-state index contributed by atoms with van der Waals surface area (Å²) in [7, 11) is 0. The minimum Gasteiger partial charge on any atom is -0.352 e. The number of carbonyl (C=O) groups excluding carboxylic acids is 4. The van der Waals surface area contributed by atoms with Crippen LogP contribution >= 0.6 is 0 Å². The van der Waals surface area contributed by atoms with Crippen molar-refractivity contribution in [2.24, 2.45) is 11.7 Å². The van der Waals surface area contributed by atoms with Gasteiger partial charge in [0.2, 0.25) is 23.6 Å². The van der Waals surface area contributed by atoms with Crippen molar-refractivity contribution in [1.29, 1.82) is 0 Å². The quantitative estimate of drug-likeness (QED) is 0.188. The molecule has 1 aliphatic rings. The topological polar surface area (TPSA) is 142 Å². The molecule has 0 spiro atoms. The average molecular weight is 594 g/mol. The molecule has 3 rings (SSSR count). The first-order valence-electron chi connectivity index (χ1n) is 16.1. The van der Waals surface area contributed by atoms with Crippen LogP contribution in [0.4, 0.5) is 0 Å². The van der Waals surface area contributed by atoms with E-state index in [4.69, 9.17) is 5.73 Å². The van der Waals surface area contributed by atoms with Crippen LogP contribution in [0.3, 0.4) is 0 Å². The highest BCUT2D eigenvalue weighted by molar-refractivity contribution is 5.94. The first-order chi connectivity index (χ1) is 20.7. The van der Waals surface area contributed by atoms with Crippen LogP contribution in [-0.4, -0.2) is 54.3 Å². The molecule has 0 aliphatic heterocycles. The molecule has 1 fully saturated rings. The van der Waals surface area contributed by atoms with Gasteiger partial charge in [-0.05, 0) is 60.9 Å². The van der Waals surface area contributed by atoms with Gasteiger partial charge in [0.05, 0.1) is 0 Å². The molecule has 2 aromatic rings. The van der Waals surface area contributed by atoms with E-state index in [0.29, 0.717) is 25.8 Å². The number of benzene rings is 2. The first-order valence-corrected chi connectivity index (χ1v) is 16.1. The van der Waals surface area contributed by atoms with E-state index in [1.807, 2.05) is 56.3 Å². The molecule has 43 heavy (non-hydrogen) atoms. The fourth-order valence-corrected chi connectivity index (χ4v) is 5.63. The Morgan fingerprint density at radius 3 is 2.23 bits per heavy atom. The van der Waals surface area contributed by atoms with E-state index >= 15 is 0 Å². The molecule has 0 aromatic heterocycles. The van der Waals surface area contributed by atoms with Gasteiger partial charge in [-0.2, -0.15) is 0 Å². The van der Waals surface area contributed by atoms with E-state index < -0.39 is 29.9 Å². The summed E-state index contributed by atoms with van der Waals surface area (Å²) in [6.45, 7) is 6.10. The number of nitrogens with one attached hydrogen (secondary N) is 4. The first kappa shape index (κ1) is 34.0. The van der Waals surface area contributed by atoms with Crippen molar-refractivity contribution in [2.75, 3.05) is 6.54 Å². The third-order valence-corrected chi connectivity index (χ3v) is 8.55. The van der Waals surface area contributed by atoms with Crippen LogP contribution in [0.2, 0.25) is 0 Å². The molecule has 0 heterocycles. The zero-order chi connectivity index (χ0) is 31.2. The molecule has 236 valence electrons. The number of hydrogen-bond acceptors (Lipinski definition) is 5. The van der Waals surface area contributed by atoms with Crippen molar-refractivity contribution in [3.8, 4) is 0 Å². The second kappa shape index (κ2) is 17.6. The third kappa shape index (κ3) is 10.6. The number of rotatable bonds is 16. The SMILES string of the molecule is CCC(=O)N[C@@H](Cc1ccc2ccccc2c1)C(=O)N[C@H](C(=O)N[C@@H](CCCCN)C(=O)NC1CCCCC1)[C@@H](C)CC. The maximum atomic E-state index is 13.7. The van der Waals surface area contributed by atoms with Crippen LogP contribution in [0.5, 0.6) is 0 Å². The summed E-state index contributed by atoms with van der Waals surface area (Å²) in [6, 6.07) is 11.6. The van der Waals surface area contributed by atoms with Gasteiger partial charge in [-0.15, -0.1) is 0 Å². The van der Waals surface area contributed by atoms with Crippen LogP contribution in [0.1, 0.15) is 90.5 Å². The molecule has 0 bridgehead atoms. The van der Waals surface area contributed by atoms with Crippen LogP contribution in [0.25, 0.3) is 10.8 Å². The normalized spacial score (nSPS) is 16.5. The van der Waals surface area contributed by atoms with Gasteiger partial charge in [-0.3, -0.25) is 19.2 Å². The fraction of sp³-hybridized carbons (Fsp3) is 0.588. The average Bonchev–Trinajstić information content (AvgIpc) is 3.02. The zero-order valence-electron chi connectivity index (χ0n) is 26.1. The van der Waals surface area contributed by atoms with Gasteiger partial charge in [0, 0.05) is 18.9 Å².